The Morgan fingerprint density at radius 3 is 2.60 bits per heavy atom. The maximum Gasteiger partial charge on any atom is 0.260 e. The molecule has 8 nitrogen and oxygen atoms in total. The number of aliphatic hydroxyl groups is 1. The van der Waals surface area contributed by atoms with Gasteiger partial charge in [-0.2, -0.15) is 4.98 Å². The molecular weight excluding hydrogens is 442 g/mol. The average Bonchev–Trinajstić information content (AvgIpc) is 3.70. The molecule has 2 N–H and O–H groups in total. The molecule has 3 aliphatic rings. The van der Waals surface area contributed by atoms with Crippen LogP contribution < -0.4 is 10.9 Å². The molecule has 0 bridgehead atoms. The van der Waals surface area contributed by atoms with Crippen molar-refractivity contribution < 1.29 is 9.84 Å². The molecule has 2 aromatic heterocycles. The van der Waals surface area contributed by atoms with Gasteiger partial charge in [0, 0.05) is 49.2 Å². The lowest BCUT2D eigenvalue weighted by Gasteiger charge is -2.28. The normalized spacial score (nSPS) is 23.7. The standard InChI is InChI=1S/C27H35N5O3/c33-21-6-4-20(5-7-21)32-25-24(16-29-27(30-25)28-10-9-18-1-2-18)22-8-3-19(15-23(22)26(32)34)17-31-11-13-35-14-12-31/h3,8,15-16,18,20-21,33H,1-2,4-7,9-14,17H2,(H,28,29,30). The number of fused-ring (bicyclic) bond motifs is 3. The number of hydrogen-bond acceptors (Lipinski definition) is 7. The zero-order valence-corrected chi connectivity index (χ0v) is 20.3. The molecule has 35 heavy (non-hydrogen) atoms. The first-order chi connectivity index (χ1) is 17.2. The van der Waals surface area contributed by atoms with Crippen molar-refractivity contribution in [1.82, 2.24) is 19.4 Å². The number of hydrogen-bond donors (Lipinski definition) is 2. The van der Waals surface area contributed by atoms with Gasteiger partial charge in [-0.3, -0.25) is 14.3 Å². The van der Waals surface area contributed by atoms with Gasteiger partial charge in [0.1, 0.15) is 5.65 Å². The van der Waals surface area contributed by atoms with Gasteiger partial charge in [-0.25, -0.2) is 4.98 Å². The highest BCUT2D eigenvalue weighted by Gasteiger charge is 2.26. The van der Waals surface area contributed by atoms with Crippen molar-refractivity contribution in [2.75, 3.05) is 38.2 Å². The number of rotatable bonds is 7. The number of pyridine rings is 1. The number of nitrogens with zero attached hydrogens (tertiary/aromatic N) is 4. The molecule has 2 aliphatic carbocycles. The summed E-state index contributed by atoms with van der Waals surface area (Å²) < 4.78 is 7.38. The van der Waals surface area contributed by atoms with Crippen LogP contribution in [0.3, 0.4) is 0 Å². The van der Waals surface area contributed by atoms with Gasteiger partial charge in [-0.1, -0.05) is 25.0 Å². The second-order valence-corrected chi connectivity index (χ2v) is 10.5. The van der Waals surface area contributed by atoms with E-state index in [0.29, 0.717) is 24.4 Å². The molecule has 3 heterocycles. The molecule has 186 valence electrons. The summed E-state index contributed by atoms with van der Waals surface area (Å²) in [6, 6.07) is 6.28. The summed E-state index contributed by atoms with van der Waals surface area (Å²) in [5, 5.41) is 16.0. The van der Waals surface area contributed by atoms with Crippen molar-refractivity contribution in [1.29, 1.82) is 0 Å². The first kappa shape index (κ1) is 22.9. The van der Waals surface area contributed by atoms with E-state index in [0.717, 1.165) is 86.3 Å². The zero-order valence-electron chi connectivity index (χ0n) is 20.3. The number of aliphatic hydroxyl groups excluding tert-OH is 1. The molecule has 0 unspecified atom stereocenters. The molecule has 2 saturated carbocycles. The smallest absolute Gasteiger partial charge is 0.260 e. The zero-order chi connectivity index (χ0) is 23.8. The highest BCUT2D eigenvalue weighted by molar-refractivity contribution is 6.04. The number of morpholine rings is 1. The average molecular weight is 478 g/mol. The topological polar surface area (TPSA) is 92.5 Å². The number of aromatic nitrogens is 3. The largest absolute Gasteiger partial charge is 0.393 e. The van der Waals surface area contributed by atoms with Crippen LogP contribution in [0.25, 0.3) is 21.8 Å². The Kier molecular flexibility index (Phi) is 6.43. The van der Waals surface area contributed by atoms with E-state index in [1.54, 1.807) is 0 Å². The molecule has 1 saturated heterocycles. The molecule has 6 rings (SSSR count). The van der Waals surface area contributed by atoms with E-state index >= 15 is 0 Å². The van der Waals surface area contributed by atoms with E-state index < -0.39 is 0 Å². The van der Waals surface area contributed by atoms with Gasteiger partial charge in [-0.05, 0) is 55.0 Å². The van der Waals surface area contributed by atoms with Crippen LogP contribution in [0, 0.1) is 5.92 Å². The third-order valence-corrected chi connectivity index (χ3v) is 7.89. The van der Waals surface area contributed by atoms with E-state index in [-0.39, 0.29) is 17.7 Å². The Morgan fingerprint density at radius 2 is 1.83 bits per heavy atom. The maximum absolute atomic E-state index is 14.0. The molecule has 0 amide bonds. The molecule has 1 aromatic carbocycles. The molecular formula is C27H35N5O3. The van der Waals surface area contributed by atoms with Gasteiger partial charge < -0.3 is 15.2 Å². The van der Waals surface area contributed by atoms with E-state index in [1.165, 1.54) is 12.8 Å². The van der Waals surface area contributed by atoms with Gasteiger partial charge >= 0.3 is 0 Å². The molecule has 0 radical (unpaired) electrons. The van der Waals surface area contributed by atoms with Crippen molar-refractivity contribution >= 4 is 27.8 Å². The first-order valence-corrected chi connectivity index (χ1v) is 13.2. The molecule has 3 aromatic rings. The summed E-state index contributed by atoms with van der Waals surface area (Å²) in [6.07, 6.45) is 8.38. The Bertz CT molecular complexity index is 1260. The van der Waals surface area contributed by atoms with Gasteiger partial charge in [-0.15, -0.1) is 0 Å². The monoisotopic (exact) mass is 477 g/mol. The molecule has 0 atom stereocenters. The minimum absolute atomic E-state index is 0.0142. The van der Waals surface area contributed by atoms with Crippen LogP contribution in [-0.4, -0.2) is 63.5 Å². The lowest BCUT2D eigenvalue weighted by atomic mass is 9.92. The van der Waals surface area contributed by atoms with E-state index in [4.69, 9.17) is 9.72 Å². The Morgan fingerprint density at radius 1 is 1.03 bits per heavy atom. The Hall–Kier alpha value is -2.55. The number of benzene rings is 1. The predicted octanol–water partition coefficient (Wildman–Crippen LogP) is 3.46. The molecule has 1 aliphatic heterocycles. The highest BCUT2D eigenvalue weighted by Crippen LogP contribution is 2.33. The molecule has 3 fully saturated rings. The summed E-state index contributed by atoms with van der Waals surface area (Å²) in [7, 11) is 0. The van der Waals surface area contributed by atoms with Crippen LogP contribution in [-0.2, 0) is 11.3 Å². The second kappa shape index (κ2) is 9.84. The Labute approximate surface area is 205 Å². The predicted molar refractivity (Wildman–Crippen MR) is 137 cm³/mol. The third kappa shape index (κ3) is 4.92. The highest BCUT2D eigenvalue weighted by atomic mass is 16.5. The fourth-order valence-corrected chi connectivity index (χ4v) is 5.63. The van der Waals surface area contributed by atoms with Crippen LogP contribution in [0.2, 0.25) is 0 Å². The van der Waals surface area contributed by atoms with Crippen molar-refractivity contribution in [3.05, 3.63) is 40.3 Å². The number of anilines is 1. The van der Waals surface area contributed by atoms with Crippen LogP contribution >= 0.6 is 0 Å². The SMILES string of the molecule is O=c1c2cc(CN3CCOCC3)ccc2c2cnc(NCCC3CC3)nc2n1C1CCC(O)CC1. The minimum atomic E-state index is -0.275. The van der Waals surface area contributed by atoms with Gasteiger partial charge in [0.25, 0.3) is 5.56 Å². The fraction of sp³-hybridized carbons (Fsp3) is 0.593. The van der Waals surface area contributed by atoms with Crippen LogP contribution in [0.1, 0.15) is 56.6 Å². The van der Waals surface area contributed by atoms with Gasteiger partial charge in [0.05, 0.1) is 19.3 Å². The maximum atomic E-state index is 14.0. The fourth-order valence-electron chi connectivity index (χ4n) is 5.63. The summed E-state index contributed by atoms with van der Waals surface area (Å²) in [6.45, 7) is 5.00. The van der Waals surface area contributed by atoms with Crippen molar-refractivity contribution in [2.45, 2.75) is 63.6 Å². The lowest BCUT2D eigenvalue weighted by molar-refractivity contribution is 0.0342. The quantitative estimate of drug-likeness (QED) is 0.504. The first-order valence-electron chi connectivity index (χ1n) is 13.2. The molecule has 8 heteroatoms. The summed E-state index contributed by atoms with van der Waals surface area (Å²) in [4.78, 5) is 25.8. The summed E-state index contributed by atoms with van der Waals surface area (Å²) in [5.74, 6) is 1.43. The number of nitrogens with one attached hydrogen (secondary N) is 1. The second-order valence-electron chi connectivity index (χ2n) is 10.5. The van der Waals surface area contributed by atoms with E-state index in [1.807, 2.05) is 10.8 Å². The minimum Gasteiger partial charge on any atom is -0.393 e. The number of ether oxygens (including phenoxy) is 1. The van der Waals surface area contributed by atoms with E-state index in [2.05, 4.69) is 33.4 Å². The molecule has 0 spiro atoms. The van der Waals surface area contributed by atoms with Crippen molar-refractivity contribution in [3.8, 4) is 0 Å². The van der Waals surface area contributed by atoms with Crippen molar-refractivity contribution in [2.24, 2.45) is 5.92 Å². The lowest BCUT2D eigenvalue weighted by Crippen LogP contribution is -2.35. The van der Waals surface area contributed by atoms with Crippen LogP contribution in [0.5, 0.6) is 0 Å². The van der Waals surface area contributed by atoms with E-state index in [9.17, 15) is 9.90 Å². The van der Waals surface area contributed by atoms with Crippen LogP contribution in [0.15, 0.2) is 29.2 Å². The third-order valence-electron chi connectivity index (χ3n) is 7.89. The Balaban J connectivity index is 1.41. The van der Waals surface area contributed by atoms with Gasteiger partial charge in [0.2, 0.25) is 5.95 Å². The summed E-state index contributed by atoms with van der Waals surface area (Å²) >= 11 is 0. The summed E-state index contributed by atoms with van der Waals surface area (Å²) in [5.41, 5.74) is 1.86. The van der Waals surface area contributed by atoms with Crippen LogP contribution in [0.4, 0.5) is 5.95 Å². The van der Waals surface area contributed by atoms with Gasteiger partial charge in [0.15, 0.2) is 0 Å². The van der Waals surface area contributed by atoms with Crippen molar-refractivity contribution in [3.63, 3.8) is 0 Å².